The molecule has 216 valence electrons. The van der Waals surface area contributed by atoms with Crippen LogP contribution in [0, 0.1) is 46.3 Å². The summed E-state index contributed by atoms with van der Waals surface area (Å²) in [6.07, 6.45) is 9.15. The summed E-state index contributed by atoms with van der Waals surface area (Å²) in [5, 5.41) is 34.2. The number of aliphatic hydroxyl groups excluding tert-OH is 2. The van der Waals surface area contributed by atoms with Crippen LogP contribution in [0.1, 0.15) is 90.5 Å². The molecule has 4 saturated carbocycles. The van der Waals surface area contributed by atoms with Crippen molar-refractivity contribution in [3.63, 3.8) is 0 Å². The summed E-state index contributed by atoms with van der Waals surface area (Å²) in [4.78, 5) is 24.6. The van der Waals surface area contributed by atoms with Crippen LogP contribution < -0.4 is 5.32 Å². The van der Waals surface area contributed by atoms with E-state index in [9.17, 15) is 24.9 Å². The molecule has 0 aromatic heterocycles. The summed E-state index contributed by atoms with van der Waals surface area (Å²) in [6.45, 7) is 7.17. The van der Waals surface area contributed by atoms with Crippen LogP contribution in [-0.4, -0.2) is 45.4 Å². The van der Waals surface area contributed by atoms with Crippen molar-refractivity contribution in [2.75, 3.05) is 0 Å². The normalized spacial score (nSPS) is 41.0. The molecule has 4 fully saturated rings. The number of fused-ring (bicyclic) bond motifs is 5. The lowest BCUT2D eigenvalue weighted by molar-refractivity contribution is -0.174. The molecule has 4 N–H and O–H groups in total. The van der Waals surface area contributed by atoms with Crippen molar-refractivity contribution in [1.29, 1.82) is 0 Å². The van der Waals surface area contributed by atoms with Gasteiger partial charge in [0, 0.05) is 12.8 Å². The number of aliphatic hydroxyl groups is 2. The van der Waals surface area contributed by atoms with E-state index in [1.807, 2.05) is 30.3 Å². The fraction of sp³-hybridized carbons (Fsp3) is 0.758. The van der Waals surface area contributed by atoms with E-state index >= 15 is 0 Å². The summed E-state index contributed by atoms with van der Waals surface area (Å²) in [6, 6.07) is 8.51. The predicted octanol–water partition coefficient (Wildman–Crippen LogP) is 5.21. The third kappa shape index (κ3) is 5.40. The molecule has 0 bridgehead atoms. The highest BCUT2D eigenvalue weighted by Gasteiger charge is 2.62. The van der Waals surface area contributed by atoms with Gasteiger partial charge in [-0.2, -0.15) is 0 Å². The fourth-order valence-electron chi connectivity index (χ4n) is 10.1. The van der Waals surface area contributed by atoms with E-state index in [1.165, 1.54) is 6.42 Å². The largest absolute Gasteiger partial charge is 0.480 e. The van der Waals surface area contributed by atoms with Crippen LogP contribution in [0.25, 0.3) is 0 Å². The second-order valence-electron chi connectivity index (χ2n) is 14.1. The Balaban J connectivity index is 1.20. The molecule has 5 rings (SSSR count). The number of rotatable bonds is 8. The van der Waals surface area contributed by atoms with E-state index in [0.717, 1.165) is 56.9 Å². The molecule has 0 spiro atoms. The Morgan fingerprint density at radius 3 is 2.38 bits per heavy atom. The predicted molar refractivity (Wildman–Crippen MR) is 151 cm³/mol. The highest BCUT2D eigenvalue weighted by atomic mass is 16.4. The minimum atomic E-state index is -1.00. The Labute approximate surface area is 234 Å². The third-order valence-corrected chi connectivity index (χ3v) is 12.2. The first kappa shape index (κ1) is 28.6. The Bertz CT molecular complexity index is 1030. The number of hydrogen-bond donors (Lipinski definition) is 4. The van der Waals surface area contributed by atoms with Gasteiger partial charge in [0.2, 0.25) is 5.91 Å². The molecular formula is C33H49NO5. The number of carbonyl (C=O) groups is 2. The molecule has 1 amide bonds. The Morgan fingerprint density at radius 2 is 1.67 bits per heavy atom. The lowest BCUT2D eigenvalue weighted by atomic mass is 9.43. The van der Waals surface area contributed by atoms with Crippen LogP contribution in [-0.2, 0) is 16.0 Å². The number of carboxylic acids is 1. The molecule has 0 saturated heterocycles. The molecule has 0 aliphatic heterocycles. The average molecular weight is 540 g/mol. The molecule has 1 aromatic rings. The Hall–Kier alpha value is -1.92. The van der Waals surface area contributed by atoms with E-state index < -0.39 is 12.0 Å². The van der Waals surface area contributed by atoms with Gasteiger partial charge in [-0.05, 0) is 110 Å². The van der Waals surface area contributed by atoms with Crippen molar-refractivity contribution in [3.8, 4) is 0 Å². The van der Waals surface area contributed by atoms with Crippen molar-refractivity contribution in [2.24, 2.45) is 46.3 Å². The first-order valence-electron chi connectivity index (χ1n) is 15.4. The molecule has 0 radical (unpaired) electrons. The molecule has 4 aliphatic rings. The summed E-state index contributed by atoms with van der Waals surface area (Å²) in [5.41, 5.74) is 1.30. The van der Waals surface area contributed by atoms with E-state index in [4.69, 9.17) is 0 Å². The average Bonchev–Trinajstić information content (AvgIpc) is 3.25. The maximum atomic E-state index is 12.8. The van der Waals surface area contributed by atoms with Gasteiger partial charge in [-0.1, -0.05) is 51.1 Å². The van der Waals surface area contributed by atoms with E-state index in [1.54, 1.807) is 0 Å². The zero-order valence-electron chi connectivity index (χ0n) is 24.0. The van der Waals surface area contributed by atoms with Gasteiger partial charge in [0.25, 0.3) is 0 Å². The summed E-state index contributed by atoms with van der Waals surface area (Å²) in [7, 11) is 0. The number of carboxylic acid groups (broad SMARTS) is 1. The van der Waals surface area contributed by atoms with E-state index in [2.05, 4.69) is 26.1 Å². The zero-order valence-corrected chi connectivity index (χ0v) is 24.0. The summed E-state index contributed by atoms with van der Waals surface area (Å²) in [5.74, 6) is 1.51. The van der Waals surface area contributed by atoms with Gasteiger partial charge >= 0.3 is 5.97 Å². The zero-order chi connectivity index (χ0) is 27.9. The monoisotopic (exact) mass is 539 g/mol. The number of amides is 1. The summed E-state index contributed by atoms with van der Waals surface area (Å²) < 4.78 is 0. The quantitative estimate of drug-likeness (QED) is 0.363. The molecule has 39 heavy (non-hydrogen) atoms. The van der Waals surface area contributed by atoms with Crippen LogP contribution >= 0.6 is 0 Å². The number of aliphatic carboxylic acids is 1. The highest BCUT2D eigenvalue weighted by Crippen LogP contribution is 2.68. The first-order chi connectivity index (χ1) is 18.5. The Morgan fingerprint density at radius 1 is 0.974 bits per heavy atom. The minimum absolute atomic E-state index is 0.173. The maximum absolute atomic E-state index is 12.8. The third-order valence-electron chi connectivity index (χ3n) is 12.2. The van der Waals surface area contributed by atoms with Crippen molar-refractivity contribution < 1.29 is 24.9 Å². The van der Waals surface area contributed by atoms with Crippen LogP contribution in [0.3, 0.4) is 0 Å². The second-order valence-corrected chi connectivity index (χ2v) is 14.1. The van der Waals surface area contributed by atoms with Gasteiger partial charge < -0.3 is 20.6 Å². The van der Waals surface area contributed by atoms with Gasteiger partial charge in [-0.15, -0.1) is 0 Å². The van der Waals surface area contributed by atoms with Gasteiger partial charge in [0.15, 0.2) is 0 Å². The molecule has 0 unspecified atom stereocenters. The standard InChI is InChI=1S/C33H49NO5/c1-20(9-12-29(37)34-27(31(38)39)17-21-7-5-4-6-8-21)24-10-11-25-30-26(14-16-33(24,25)3)32(2)15-13-23(35)18-22(32)19-28(30)36/h4-8,20,22-28,30,35-36H,9-19H2,1-3H3,(H,34,37)(H,38,39)/t20-,22+,23-,24-,25+,26+,27-,28-,30+,32+,33-/m1/s1. The highest BCUT2D eigenvalue weighted by molar-refractivity contribution is 5.83. The van der Waals surface area contributed by atoms with Crippen molar-refractivity contribution in [3.05, 3.63) is 35.9 Å². The smallest absolute Gasteiger partial charge is 0.326 e. The molecule has 1 aromatic carbocycles. The van der Waals surface area contributed by atoms with Crippen LogP contribution in [0.15, 0.2) is 30.3 Å². The molecular weight excluding hydrogens is 490 g/mol. The van der Waals surface area contributed by atoms with Crippen molar-refractivity contribution >= 4 is 11.9 Å². The topological polar surface area (TPSA) is 107 Å². The summed E-state index contributed by atoms with van der Waals surface area (Å²) >= 11 is 0. The van der Waals surface area contributed by atoms with Gasteiger partial charge in [-0.3, -0.25) is 4.79 Å². The van der Waals surface area contributed by atoms with E-state index in [-0.39, 0.29) is 35.4 Å². The van der Waals surface area contributed by atoms with Crippen molar-refractivity contribution in [1.82, 2.24) is 5.32 Å². The molecule has 0 heterocycles. The van der Waals surface area contributed by atoms with Crippen LogP contribution in [0.4, 0.5) is 0 Å². The molecule has 6 heteroatoms. The second kappa shape index (κ2) is 11.2. The Kier molecular flexibility index (Phi) is 8.18. The molecule has 4 aliphatic carbocycles. The van der Waals surface area contributed by atoms with Crippen LogP contribution in [0.5, 0.6) is 0 Å². The lowest BCUT2D eigenvalue weighted by Crippen LogP contribution is -2.58. The van der Waals surface area contributed by atoms with Gasteiger partial charge in [0.1, 0.15) is 6.04 Å². The number of nitrogens with one attached hydrogen (secondary N) is 1. The van der Waals surface area contributed by atoms with Gasteiger partial charge in [-0.25, -0.2) is 4.79 Å². The van der Waals surface area contributed by atoms with Crippen molar-refractivity contribution in [2.45, 2.75) is 110 Å². The van der Waals surface area contributed by atoms with E-state index in [0.29, 0.717) is 41.9 Å². The number of carbonyl (C=O) groups excluding carboxylic acids is 1. The molecule has 11 atom stereocenters. The van der Waals surface area contributed by atoms with Crippen LogP contribution in [0.2, 0.25) is 0 Å². The van der Waals surface area contributed by atoms with Gasteiger partial charge in [0.05, 0.1) is 12.2 Å². The maximum Gasteiger partial charge on any atom is 0.326 e. The number of benzene rings is 1. The first-order valence-corrected chi connectivity index (χ1v) is 15.4. The molecule has 6 nitrogen and oxygen atoms in total. The number of hydrogen-bond acceptors (Lipinski definition) is 4. The fourth-order valence-corrected chi connectivity index (χ4v) is 10.1. The lowest BCUT2D eigenvalue weighted by Gasteiger charge is -2.62. The minimum Gasteiger partial charge on any atom is -0.480 e. The SMILES string of the molecule is C[C@H](CCC(=O)N[C@H](Cc1ccccc1)C(=O)O)[C@H]1CC[C@H]2[C@@H]3[C@H](O)C[C@@H]4C[C@H](O)CC[C@]4(C)[C@H]3CC[C@]12C.